The van der Waals surface area contributed by atoms with Crippen LogP contribution in [0.2, 0.25) is 0 Å². The van der Waals surface area contributed by atoms with Gasteiger partial charge in [-0.25, -0.2) is 0 Å². The summed E-state index contributed by atoms with van der Waals surface area (Å²) < 4.78 is 5.75. The van der Waals surface area contributed by atoms with Crippen molar-refractivity contribution in [1.29, 1.82) is 0 Å². The van der Waals surface area contributed by atoms with E-state index in [1.54, 1.807) is 0 Å². The highest BCUT2D eigenvalue weighted by Crippen LogP contribution is 2.33. The van der Waals surface area contributed by atoms with E-state index < -0.39 is 6.04 Å². The van der Waals surface area contributed by atoms with E-state index >= 15 is 0 Å². The standard InChI is InChI=1S/C23H17N3O2/c27-22-20(26-23-25-19-12-6-7-13-21(19)28-23)14-17(15-8-2-1-3-9-15)16-10-4-5-11-18(16)24-22/h1-14,20H,(H,24,27)(H,25,26). The minimum Gasteiger partial charge on any atom is -0.424 e. The largest absolute Gasteiger partial charge is 0.424 e. The van der Waals surface area contributed by atoms with E-state index in [1.165, 1.54) is 0 Å². The van der Waals surface area contributed by atoms with Gasteiger partial charge in [0.1, 0.15) is 11.6 Å². The zero-order chi connectivity index (χ0) is 18.9. The molecule has 0 saturated heterocycles. The molecular formula is C23H17N3O2. The number of hydrogen-bond acceptors (Lipinski definition) is 4. The van der Waals surface area contributed by atoms with Crippen LogP contribution in [0.25, 0.3) is 16.7 Å². The second kappa shape index (κ2) is 6.70. The Morgan fingerprint density at radius 1 is 0.893 bits per heavy atom. The summed E-state index contributed by atoms with van der Waals surface area (Å²) >= 11 is 0. The van der Waals surface area contributed by atoms with E-state index in [9.17, 15) is 4.79 Å². The summed E-state index contributed by atoms with van der Waals surface area (Å²) in [6.45, 7) is 0. The third-order valence-electron chi connectivity index (χ3n) is 4.75. The maximum absolute atomic E-state index is 12.9. The van der Waals surface area contributed by atoms with Gasteiger partial charge in [-0.3, -0.25) is 4.79 Å². The van der Waals surface area contributed by atoms with Crippen molar-refractivity contribution >= 4 is 34.3 Å². The predicted molar refractivity (Wildman–Crippen MR) is 110 cm³/mol. The highest BCUT2D eigenvalue weighted by Gasteiger charge is 2.25. The lowest BCUT2D eigenvalue weighted by Crippen LogP contribution is -2.32. The fourth-order valence-electron chi connectivity index (χ4n) is 3.41. The lowest BCUT2D eigenvalue weighted by Gasteiger charge is -2.12. The van der Waals surface area contributed by atoms with Gasteiger partial charge in [0.05, 0.1) is 0 Å². The lowest BCUT2D eigenvalue weighted by atomic mass is 9.96. The van der Waals surface area contributed by atoms with Crippen molar-refractivity contribution < 1.29 is 9.21 Å². The Labute approximate surface area is 161 Å². The summed E-state index contributed by atoms with van der Waals surface area (Å²) in [5.41, 5.74) is 5.19. The van der Waals surface area contributed by atoms with Crippen LogP contribution in [-0.2, 0) is 4.79 Å². The van der Waals surface area contributed by atoms with E-state index in [0.717, 1.165) is 27.9 Å². The van der Waals surface area contributed by atoms with E-state index in [4.69, 9.17) is 4.42 Å². The van der Waals surface area contributed by atoms with Crippen LogP contribution in [0.4, 0.5) is 11.7 Å². The van der Waals surface area contributed by atoms with Gasteiger partial charge in [-0.15, -0.1) is 0 Å². The molecule has 5 heteroatoms. The summed E-state index contributed by atoms with van der Waals surface area (Å²) in [7, 11) is 0. The lowest BCUT2D eigenvalue weighted by molar-refractivity contribution is -0.116. The maximum Gasteiger partial charge on any atom is 0.296 e. The van der Waals surface area contributed by atoms with Gasteiger partial charge < -0.3 is 15.1 Å². The Hall–Kier alpha value is -3.86. The van der Waals surface area contributed by atoms with Crippen molar-refractivity contribution in [2.75, 3.05) is 10.6 Å². The molecule has 1 aromatic heterocycles. The smallest absolute Gasteiger partial charge is 0.296 e. The first-order valence-corrected chi connectivity index (χ1v) is 9.07. The molecule has 5 nitrogen and oxygen atoms in total. The molecule has 2 heterocycles. The van der Waals surface area contributed by atoms with Gasteiger partial charge in [0.25, 0.3) is 11.9 Å². The van der Waals surface area contributed by atoms with Crippen molar-refractivity contribution in [1.82, 2.24) is 4.98 Å². The number of aromatic nitrogens is 1. The average molecular weight is 367 g/mol. The van der Waals surface area contributed by atoms with Crippen LogP contribution in [0.1, 0.15) is 11.1 Å². The molecule has 0 radical (unpaired) electrons. The molecule has 1 amide bonds. The molecule has 1 aliphatic rings. The molecule has 0 aliphatic carbocycles. The minimum absolute atomic E-state index is 0.166. The van der Waals surface area contributed by atoms with E-state index in [2.05, 4.69) is 15.6 Å². The SMILES string of the molecule is O=C1Nc2ccccc2C(c2ccccc2)=CC1Nc1nc2ccccc2o1. The molecular weight excluding hydrogens is 350 g/mol. The van der Waals surface area contributed by atoms with Crippen molar-refractivity contribution in [3.05, 3.63) is 96.1 Å². The van der Waals surface area contributed by atoms with Crippen molar-refractivity contribution in [3.8, 4) is 0 Å². The normalized spacial score (nSPS) is 16.1. The Balaban J connectivity index is 1.58. The second-order valence-corrected chi connectivity index (χ2v) is 6.59. The van der Waals surface area contributed by atoms with E-state index in [-0.39, 0.29) is 5.91 Å². The monoisotopic (exact) mass is 367 g/mol. The summed E-state index contributed by atoms with van der Waals surface area (Å²) in [6, 6.07) is 25.0. The molecule has 4 aromatic rings. The summed E-state index contributed by atoms with van der Waals surface area (Å²) in [5.74, 6) is -0.166. The fraction of sp³-hybridized carbons (Fsp3) is 0.0435. The zero-order valence-corrected chi connectivity index (χ0v) is 14.9. The fourth-order valence-corrected chi connectivity index (χ4v) is 3.41. The molecule has 2 N–H and O–H groups in total. The molecule has 1 unspecified atom stereocenters. The summed E-state index contributed by atoms with van der Waals surface area (Å²) in [6.07, 6.45) is 1.92. The number of carbonyl (C=O) groups excluding carboxylic acids is 1. The third-order valence-corrected chi connectivity index (χ3v) is 4.75. The minimum atomic E-state index is -0.629. The van der Waals surface area contributed by atoms with Crippen LogP contribution >= 0.6 is 0 Å². The highest BCUT2D eigenvalue weighted by atomic mass is 16.4. The van der Waals surface area contributed by atoms with Gasteiger partial charge in [-0.05, 0) is 35.4 Å². The van der Waals surface area contributed by atoms with Crippen LogP contribution < -0.4 is 10.6 Å². The summed E-state index contributed by atoms with van der Waals surface area (Å²) in [4.78, 5) is 17.3. The summed E-state index contributed by atoms with van der Waals surface area (Å²) in [5, 5.41) is 6.13. The van der Waals surface area contributed by atoms with E-state index in [0.29, 0.717) is 11.6 Å². The number of anilines is 2. The Morgan fingerprint density at radius 3 is 2.50 bits per heavy atom. The molecule has 0 bridgehead atoms. The average Bonchev–Trinajstić information content (AvgIpc) is 3.08. The Morgan fingerprint density at radius 2 is 1.64 bits per heavy atom. The van der Waals surface area contributed by atoms with Crippen molar-refractivity contribution in [2.24, 2.45) is 0 Å². The van der Waals surface area contributed by atoms with Crippen LogP contribution in [0.3, 0.4) is 0 Å². The second-order valence-electron chi connectivity index (χ2n) is 6.59. The predicted octanol–water partition coefficient (Wildman–Crippen LogP) is 4.69. The van der Waals surface area contributed by atoms with Gasteiger partial charge in [-0.1, -0.05) is 60.7 Å². The number of rotatable bonds is 3. The number of nitrogens with zero attached hydrogens (tertiary/aromatic N) is 1. The number of amides is 1. The van der Waals surface area contributed by atoms with Gasteiger partial charge in [0, 0.05) is 11.3 Å². The molecule has 1 atom stereocenters. The number of oxazole rings is 1. The quantitative estimate of drug-likeness (QED) is 0.551. The van der Waals surface area contributed by atoms with Crippen LogP contribution in [-0.4, -0.2) is 16.9 Å². The molecule has 0 spiro atoms. The third kappa shape index (κ3) is 2.93. The van der Waals surface area contributed by atoms with Crippen molar-refractivity contribution in [2.45, 2.75) is 6.04 Å². The highest BCUT2D eigenvalue weighted by molar-refractivity contribution is 6.05. The topological polar surface area (TPSA) is 67.2 Å². The molecule has 136 valence electrons. The first kappa shape index (κ1) is 16.3. The number of fused-ring (bicyclic) bond motifs is 2. The number of hydrogen-bond donors (Lipinski definition) is 2. The zero-order valence-electron chi connectivity index (χ0n) is 14.9. The van der Waals surface area contributed by atoms with Gasteiger partial charge in [-0.2, -0.15) is 4.98 Å². The number of para-hydroxylation sites is 3. The number of nitrogens with one attached hydrogen (secondary N) is 2. The number of carbonyl (C=O) groups is 1. The Bertz CT molecular complexity index is 1160. The molecule has 0 saturated carbocycles. The van der Waals surface area contributed by atoms with Crippen LogP contribution in [0, 0.1) is 0 Å². The van der Waals surface area contributed by atoms with Crippen LogP contribution in [0.5, 0.6) is 0 Å². The first-order valence-electron chi connectivity index (χ1n) is 9.07. The molecule has 1 aliphatic heterocycles. The molecule has 5 rings (SSSR count). The first-order chi connectivity index (χ1) is 13.8. The Kier molecular flexibility index (Phi) is 3.91. The van der Waals surface area contributed by atoms with Gasteiger partial charge in [0.2, 0.25) is 0 Å². The molecule has 0 fully saturated rings. The van der Waals surface area contributed by atoms with Gasteiger partial charge in [0.15, 0.2) is 5.58 Å². The molecule has 3 aromatic carbocycles. The van der Waals surface area contributed by atoms with Gasteiger partial charge >= 0.3 is 0 Å². The number of benzene rings is 3. The molecule has 28 heavy (non-hydrogen) atoms. The van der Waals surface area contributed by atoms with Crippen molar-refractivity contribution in [3.63, 3.8) is 0 Å². The van der Waals surface area contributed by atoms with Crippen LogP contribution in [0.15, 0.2) is 89.4 Å². The van der Waals surface area contributed by atoms with E-state index in [1.807, 2.05) is 84.9 Å². The maximum atomic E-state index is 12.9.